The van der Waals surface area contributed by atoms with Crippen LogP contribution in [0.4, 0.5) is 15.5 Å². The van der Waals surface area contributed by atoms with Crippen LogP contribution in [0.25, 0.3) is 0 Å². The van der Waals surface area contributed by atoms with E-state index in [0.29, 0.717) is 5.56 Å². The summed E-state index contributed by atoms with van der Waals surface area (Å²) in [6.45, 7) is 3.46. The van der Waals surface area contributed by atoms with Gasteiger partial charge in [-0.15, -0.1) is 11.3 Å². The molecule has 3 N–H and O–H groups in total. The maximum atomic E-state index is 13.1. The fourth-order valence-electron chi connectivity index (χ4n) is 2.94. The van der Waals surface area contributed by atoms with E-state index in [9.17, 15) is 22.8 Å². The molecule has 0 spiro atoms. The molecule has 0 saturated carbocycles. The van der Waals surface area contributed by atoms with Crippen LogP contribution in [0.2, 0.25) is 0 Å². The van der Waals surface area contributed by atoms with Crippen molar-refractivity contribution in [1.29, 1.82) is 0 Å². The van der Waals surface area contributed by atoms with Crippen LogP contribution in [-0.4, -0.2) is 33.4 Å². The zero-order chi connectivity index (χ0) is 24.2. The van der Waals surface area contributed by atoms with Crippen molar-refractivity contribution in [2.45, 2.75) is 18.7 Å². The van der Waals surface area contributed by atoms with E-state index in [1.165, 1.54) is 24.3 Å². The summed E-state index contributed by atoms with van der Waals surface area (Å²) >= 11 is 1.16. The largest absolute Gasteiger partial charge is 0.453 e. The summed E-state index contributed by atoms with van der Waals surface area (Å²) in [6, 6.07) is 13.9. The number of carbonyl (C=O) groups is 3. The lowest BCUT2D eigenvalue weighted by Crippen LogP contribution is -2.31. The SMILES string of the molecule is COC(=O)NC(=O)c1c(NC(=O)c2ccccc2NS(=O)(=O)c2ccccc2)sc(C)c1C. The monoisotopic (exact) mass is 487 g/mol. The second-order valence-corrected chi connectivity index (χ2v) is 9.76. The number of sulfonamides is 1. The van der Waals surface area contributed by atoms with Gasteiger partial charge in [0.25, 0.3) is 21.8 Å². The third kappa shape index (κ3) is 5.38. The van der Waals surface area contributed by atoms with Crippen LogP contribution in [-0.2, 0) is 14.8 Å². The van der Waals surface area contributed by atoms with Gasteiger partial charge < -0.3 is 10.1 Å². The summed E-state index contributed by atoms with van der Waals surface area (Å²) in [5, 5.41) is 4.96. The molecule has 3 rings (SSSR count). The molecule has 2 aromatic carbocycles. The Morgan fingerprint density at radius 3 is 2.21 bits per heavy atom. The Morgan fingerprint density at radius 1 is 0.909 bits per heavy atom. The Labute approximate surface area is 194 Å². The predicted molar refractivity (Wildman–Crippen MR) is 125 cm³/mol. The average molecular weight is 488 g/mol. The van der Waals surface area contributed by atoms with Gasteiger partial charge in [-0.3, -0.25) is 19.6 Å². The number of nitrogens with one attached hydrogen (secondary N) is 3. The van der Waals surface area contributed by atoms with Crippen molar-refractivity contribution >= 4 is 50.0 Å². The van der Waals surface area contributed by atoms with Crippen molar-refractivity contribution in [3.05, 3.63) is 76.2 Å². The molecule has 0 saturated heterocycles. The van der Waals surface area contributed by atoms with Gasteiger partial charge >= 0.3 is 6.09 Å². The zero-order valence-corrected chi connectivity index (χ0v) is 19.6. The number of carbonyl (C=O) groups excluding carboxylic acids is 3. The fraction of sp³-hybridized carbons (Fsp3) is 0.136. The maximum absolute atomic E-state index is 13.1. The van der Waals surface area contributed by atoms with E-state index < -0.39 is 27.9 Å². The average Bonchev–Trinajstić information content (AvgIpc) is 3.07. The van der Waals surface area contributed by atoms with Gasteiger partial charge in [-0.1, -0.05) is 30.3 Å². The Hall–Kier alpha value is -3.70. The number of alkyl carbamates (subject to hydrolysis) is 1. The molecule has 0 radical (unpaired) electrons. The Balaban J connectivity index is 1.91. The molecule has 11 heteroatoms. The first-order valence-corrected chi connectivity index (χ1v) is 11.9. The second-order valence-electron chi connectivity index (χ2n) is 6.85. The molecule has 0 aliphatic carbocycles. The first-order chi connectivity index (χ1) is 15.6. The molecule has 3 aromatic rings. The molecule has 172 valence electrons. The highest BCUT2D eigenvalue weighted by Crippen LogP contribution is 2.33. The van der Waals surface area contributed by atoms with Gasteiger partial charge in [0.1, 0.15) is 5.00 Å². The quantitative estimate of drug-likeness (QED) is 0.483. The number of ether oxygens (including phenoxy) is 1. The number of rotatable bonds is 6. The molecule has 0 fully saturated rings. The highest BCUT2D eigenvalue weighted by atomic mass is 32.2. The number of hydrogen-bond acceptors (Lipinski definition) is 7. The van der Waals surface area contributed by atoms with Gasteiger partial charge in [-0.05, 0) is 43.7 Å². The Kier molecular flexibility index (Phi) is 7.14. The van der Waals surface area contributed by atoms with Gasteiger partial charge in [0.2, 0.25) is 0 Å². The van der Waals surface area contributed by atoms with Crippen molar-refractivity contribution < 1.29 is 27.5 Å². The Bertz CT molecular complexity index is 1320. The van der Waals surface area contributed by atoms with Crippen LogP contribution in [0.15, 0.2) is 59.5 Å². The lowest BCUT2D eigenvalue weighted by Gasteiger charge is -2.13. The third-order valence-corrected chi connectivity index (χ3v) is 7.21. The van der Waals surface area contributed by atoms with E-state index in [4.69, 9.17) is 0 Å². The number of anilines is 2. The minimum atomic E-state index is -3.93. The van der Waals surface area contributed by atoms with Crippen LogP contribution >= 0.6 is 11.3 Å². The third-order valence-electron chi connectivity index (χ3n) is 4.71. The summed E-state index contributed by atoms with van der Waals surface area (Å²) in [7, 11) is -2.80. The molecule has 1 heterocycles. The smallest absolute Gasteiger partial charge is 0.413 e. The topological polar surface area (TPSA) is 131 Å². The number of benzene rings is 2. The predicted octanol–water partition coefficient (Wildman–Crippen LogP) is 3.91. The highest BCUT2D eigenvalue weighted by molar-refractivity contribution is 7.92. The lowest BCUT2D eigenvalue weighted by molar-refractivity contribution is 0.0937. The van der Waals surface area contributed by atoms with Crippen LogP contribution in [0, 0.1) is 13.8 Å². The van der Waals surface area contributed by atoms with Crippen LogP contribution < -0.4 is 15.4 Å². The van der Waals surface area contributed by atoms with Crippen molar-refractivity contribution in [3.8, 4) is 0 Å². The maximum Gasteiger partial charge on any atom is 0.413 e. The summed E-state index contributed by atoms with van der Waals surface area (Å²) in [5.74, 6) is -1.35. The van der Waals surface area contributed by atoms with Gasteiger partial charge in [0, 0.05) is 4.88 Å². The first-order valence-electron chi connectivity index (χ1n) is 9.61. The molecule has 1 aromatic heterocycles. The number of imide groups is 1. The van der Waals surface area contributed by atoms with E-state index in [1.54, 1.807) is 44.2 Å². The number of amides is 3. The van der Waals surface area contributed by atoms with Gasteiger partial charge in [-0.25, -0.2) is 13.2 Å². The van der Waals surface area contributed by atoms with Gasteiger partial charge in [0.05, 0.1) is 28.8 Å². The minimum absolute atomic E-state index is 0.0477. The number of methoxy groups -OCH3 is 1. The Morgan fingerprint density at radius 2 is 1.55 bits per heavy atom. The minimum Gasteiger partial charge on any atom is -0.453 e. The summed E-state index contributed by atoms with van der Waals surface area (Å²) in [6.07, 6.45) is -0.929. The highest BCUT2D eigenvalue weighted by Gasteiger charge is 2.24. The van der Waals surface area contributed by atoms with E-state index >= 15 is 0 Å². The van der Waals surface area contributed by atoms with E-state index in [2.05, 4.69) is 20.1 Å². The summed E-state index contributed by atoms with van der Waals surface area (Å²) in [4.78, 5) is 37.9. The molecule has 0 bridgehead atoms. The number of para-hydroxylation sites is 1. The zero-order valence-electron chi connectivity index (χ0n) is 18.0. The molecule has 3 amide bonds. The van der Waals surface area contributed by atoms with Crippen LogP contribution in [0.5, 0.6) is 0 Å². The van der Waals surface area contributed by atoms with Crippen molar-refractivity contribution in [2.24, 2.45) is 0 Å². The van der Waals surface area contributed by atoms with Crippen molar-refractivity contribution in [1.82, 2.24) is 5.32 Å². The molecular formula is C22H21N3O6S2. The molecule has 0 aliphatic rings. The van der Waals surface area contributed by atoms with Crippen LogP contribution in [0.3, 0.4) is 0 Å². The van der Waals surface area contributed by atoms with E-state index in [0.717, 1.165) is 23.3 Å². The van der Waals surface area contributed by atoms with Gasteiger partial charge in [0.15, 0.2) is 0 Å². The molecule has 0 aliphatic heterocycles. The van der Waals surface area contributed by atoms with Crippen molar-refractivity contribution in [2.75, 3.05) is 17.1 Å². The standard InChI is InChI=1S/C22H21N3O6S2/c1-13-14(2)32-21(18(13)20(27)24-22(28)31-3)23-19(26)16-11-7-8-12-17(16)25-33(29,30)15-9-5-4-6-10-15/h4-12,25H,1-3H3,(H,23,26)(H,24,27,28). The van der Waals surface area contributed by atoms with E-state index in [1.807, 2.05) is 0 Å². The van der Waals surface area contributed by atoms with Gasteiger partial charge in [-0.2, -0.15) is 0 Å². The van der Waals surface area contributed by atoms with Crippen molar-refractivity contribution in [3.63, 3.8) is 0 Å². The number of aryl methyl sites for hydroxylation is 1. The first kappa shape index (κ1) is 24.0. The fourth-order valence-corrected chi connectivity index (χ4v) is 5.09. The lowest BCUT2D eigenvalue weighted by atomic mass is 10.1. The number of thiophene rings is 1. The molecule has 0 atom stereocenters. The molecule has 33 heavy (non-hydrogen) atoms. The molecule has 9 nitrogen and oxygen atoms in total. The normalized spacial score (nSPS) is 10.9. The summed E-state index contributed by atoms with van der Waals surface area (Å²) in [5.41, 5.74) is 0.845. The van der Waals surface area contributed by atoms with Crippen LogP contribution in [0.1, 0.15) is 31.2 Å². The number of hydrogen-bond donors (Lipinski definition) is 3. The molecular weight excluding hydrogens is 466 g/mol. The summed E-state index contributed by atoms with van der Waals surface area (Å²) < 4.78 is 32.3. The molecule has 0 unspecified atom stereocenters. The van der Waals surface area contributed by atoms with E-state index in [-0.39, 0.29) is 26.7 Å². The second kappa shape index (κ2) is 9.84.